The topological polar surface area (TPSA) is 48.1 Å². The summed E-state index contributed by atoms with van der Waals surface area (Å²) in [5.74, 6) is 0. The van der Waals surface area contributed by atoms with Crippen LogP contribution in [0.2, 0.25) is 0 Å². The summed E-state index contributed by atoms with van der Waals surface area (Å²) in [7, 11) is 0. The van der Waals surface area contributed by atoms with Gasteiger partial charge in [0.2, 0.25) is 5.56 Å². The van der Waals surface area contributed by atoms with E-state index in [2.05, 4.69) is 27.3 Å². The zero-order valence-electron chi connectivity index (χ0n) is 9.98. The molecule has 1 aliphatic heterocycles. The highest BCUT2D eigenvalue weighted by molar-refractivity contribution is 8.93. The first-order valence-corrected chi connectivity index (χ1v) is 5.92. The first-order chi connectivity index (χ1) is 8.33. The van der Waals surface area contributed by atoms with E-state index in [0.717, 1.165) is 37.1 Å². The van der Waals surface area contributed by atoms with Crippen molar-refractivity contribution in [2.24, 2.45) is 0 Å². The highest BCUT2D eigenvalue weighted by Gasteiger charge is 2.10. The minimum Gasteiger partial charge on any atom is -0.369 e. The van der Waals surface area contributed by atoms with Crippen LogP contribution in [0.5, 0.6) is 0 Å². The van der Waals surface area contributed by atoms with Gasteiger partial charge in [-0.15, -0.1) is 17.0 Å². The number of piperazine rings is 1. The molecule has 0 atom stereocenters. The van der Waals surface area contributed by atoms with Gasteiger partial charge in [0, 0.05) is 48.8 Å². The number of rotatable bonds is 1. The van der Waals surface area contributed by atoms with Gasteiger partial charge in [0.15, 0.2) is 0 Å². The molecule has 2 heterocycles. The van der Waals surface area contributed by atoms with Gasteiger partial charge >= 0.3 is 0 Å². The molecule has 1 saturated heterocycles. The normalized spacial score (nSPS) is 15.4. The molecule has 5 heteroatoms. The van der Waals surface area contributed by atoms with Crippen molar-refractivity contribution in [3.05, 3.63) is 40.7 Å². The van der Waals surface area contributed by atoms with E-state index in [1.807, 2.05) is 12.1 Å². The maximum Gasteiger partial charge on any atom is 0.248 e. The van der Waals surface area contributed by atoms with Gasteiger partial charge in [-0.3, -0.25) is 4.79 Å². The standard InChI is InChI=1S/C13H15N3O.BrH/c17-13-4-1-10-9-11(2-3-12(10)15-13)16-7-5-14-6-8-16;/h1-4,9,14H,5-8H2,(H,15,17);1H. The lowest BCUT2D eigenvalue weighted by molar-refractivity contribution is 0.589. The average Bonchev–Trinajstić information content (AvgIpc) is 2.39. The molecule has 18 heavy (non-hydrogen) atoms. The Labute approximate surface area is 116 Å². The number of pyridine rings is 1. The lowest BCUT2D eigenvalue weighted by Crippen LogP contribution is -2.43. The van der Waals surface area contributed by atoms with Crippen LogP contribution < -0.4 is 15.8 Å². The molecule has 0 amide bonds. The number of H-pyrrole nitrogens is 1. The van der Waals surface area contributed by atoms with Crippen molar-refractivity contribution in [3.63, 3.8) is 0 Å². The predicted molar refractivity (Wildman–Crippen MR) is 80.0 cm³/mol. The second kappa shape index (κ2) is 5.54. The zero-order valence-corrected chi connectivity index (χ0v) is 11.7. The van der Waals surface area contributed by atoms with Gasteiger partial charge in [0.1, 0.15) is 0 Å². The van der Waals surface area contributed by atoms with Gasteiger partial charge in [-0.2, -0.15) is 0 Å². The molecule has 2 aromatic rings. The number of anilines is 1. The lowest BCUT2D eigenvalue weighted by atomic mass is 10.1. The second-order valence-corrected chi connectivity index (χ2v) is 4.33. The van der Waals surface area contributed by atoms with E-state index in [-0.39, 0.29) is 22.5 Å². The Kier molecular flexibility index (Phi) is 4.04. The molecule has 0 bridgehead atoms. The minimum atomic E-state index is -0.0487. The van der Waals surface area contributed by atoms with Gasteiger partial charge in [-0.1, -0.05) is 0 Å². The van der Waals surface area contributed by atoms with Crippen molar-refractivity contribution in [2.45, 2.75) is 0 Å². The predicted octanol–water partition coefficient (Wildman–Crippen LogP) is 1.52. The molecule has 0 spiro atoms. The van der Waals surface area contributed by atoms with E-state index in [4.69, 9.17) is 0 Å². The number of aromatic nitrogens is 1. The van der Waals surface area contributed by atoms with E-state index < -0.39 is 0 Å². The Morgan fingerprint density at radius 2 is 1.83 bits per heavy atom. The number of aromatic amines is 1. The van der Waals surface area contributed by atoms with Crippen LogP contribution in [-0.2, 0) is 0 Å². The third-order valence-electron chi connectivity index (χ3n) is 3.19. The second-order valence-electron chi connectivity index (χ2n) is 4.33. The molecule has 4 nitrogen and oxygen atoms in total. The molecule has 0 unspecified atom stereocenters. The quantitative estimate of drug-likeness (QED) is 0.839. The lowest BCUT2D eigenvalue weighted by Gasteiger charge is -2.29. The SMILES string of the molecule is Br.O=c1ccc2cc(N3CCNCC3)ccc2[nH]1. The van der Waals surface area contributed by atoms with E-state index in [0.29, 0.717) is 0 Å². The van der Waals surface area contributed by atoms with Crippen LogP contribution in [-0.4, -0.2) is 31.2 Å². The first kappa shape index (κ1) is 13.1. The molecule has 3 rings (SSSR count). The summed E-state index contributed by atoms with van der Waals surface area (Å²) in [5, 5.41) is 4.42. The smallest absolute Gasteiger partial charge is 0.248 e. The van der Waals surface area contributed by atoms with Crippen molar-refractivity contribution in [3.8, 4) is 0 Å². The van der Waals surface area contributed by atoms with Crippen LogP contribution in [0.25, 0.3) is 10.9 Å². The van der Waals surface area contributed by atoms with Gasteiger partial charge in [-0.05, 0) is 24.3 Å². The van der Waals surface area contributed by atoms with Gasteiger partial charge in [-0.25, -0.2) is 0 Å². The van der Waals surface area contributed by atoms with E-state index in [9.17, 15) is 4.79 Å². The van der Waals surface area contributed by atoms with Crippen LogP contribution in [0, 0.1) is 0 Å². The summed E-state index contributed by atoms with van der Waals surface area (Å²) in [4.78, 5) is 16.4. The summed E-state index contributed by atoms with van der Waals surface area (Å²) >= 11 is 0. The summed E-state index contributed by atoms with van der Waals surface area (Å²) in [6.45, 7) is 4.14. The van der Waals surface area contributed by atoms with Crippen molar-refractivity contribution in [1.82, 2.24) is 10.3 Å². The number of benzene rings is 1. The number of hydrogen-bond acceptors (Lipinski definition) is 3. The first-order valence-electron chi connectivity index (χ1n) is 5.92. The molecule has 1 aliphatic rings. The molecule has 0 radical (unpaired) electrons. The third kappa shape index (κ3) is 2.57. The maximum atomic E-state index is 11.2. The molecular weight excluding hydrogens is 294 g/mol. The van der Waals surface area contributed by atoms with Crippen LogP contribution in [0.1, 0.15) is 0 Å². The van der Waals surface area contributed by atoms with Crippen LogP contribution in [0.15, 0.2) is 35.1 Å². The van der Waals surface area contributed by atoms with Gasteiger partial charge < -0.3 is 15.2 Å². The molecule has 1 fully saturated rings. The van der Waals surface area contributed by atoms with E-state index >= 15 is 0 Å². The average molecular weight is 310 g/mol. The molecule has 2 N–H and O–H groups in total. The Hall–Kier alpha value is -1.33. The van der Waals surface area contributed by atoms with Gasteiger partial charge in [0.05, 0.1) is 0 Å². The fourth-order valence-electron chi connectivity index (χ4n) is 2.26. The maximum absolute atomic E-state index is 11.2. The summed E-state index contributed by atoms with van der Waals surface area (Å²) in [5.41, 5.74) is 2.08. The molecule has 1 aromatic carbocycles. The summed E-state index contributed by atoms with van der Waals surface area (Å²) < 4.78 is 0. The Balaban J connectivity index is 0.00000120. The Morgan fingerprint density at radius 1 is 1.06 bits per heavy atom. The molecule has 96 valence electrons. The molecule has 0 aliphatic carbocycles. The summed E-state index contributed by atoms with van der Waals surface area (Å²) in [6.07, 6.45) is 0. The molecular formula is C13H16BrN3O. The molecule has 0 saturated carbocycles. The molecule has 1 aromatic heterocycles. The van der Waals surface area contributed by atoms with E-state index in [1.165, 1.54) is 5.69 Å². The van der Waals surface area contributed by atoms with Crippen LogP contribution in [0.3, 0.4) is 0 Å². The number of nitrogens with one attached hydrogen (secondary N) is 2. The van der Waals surface area contributed by atoms with Crippen molar-refractivity contribution in [1.29, 1.82) is 0 Å². The third-order valence-corrected chi connectivity index (χ3v) is 3.19. The van der Waals surface area contributed by atoms with Crippen molar-refractivity contribution in [2.75, 3.05) is 31.1 Å². The van der Waals surface area contributed by atoms with Crippen molar-refractivity contribution >= 4 is 33.6 Å². The van der Waals surface area contributed by atoms with Crippen molar-refractivity contribution < 1.29 is 0 Å². The largest absolute Gasteiger partial charge is 0.369 e. The Morgan fingerprint density at radius 3 is 2.61 bits per heavy atom. The fourth-order valence-corrected chi connectivity index (χ4v) is 2.26. The summed E-state index contributed by atoms with van der Waals surface area (Å²) in [6, 6.07) is 9.64. The number of hydrogen-bond donors (Lipinski definition) is 2. The highest BCUT2D eigenvalue weighted by atomic mass is 79.9. The van der Waals surface area contributed by atoms with Crippen LogP contribution >= 0.6 is 17.0 Å². The van der Waals surface area contributed by atoms with Crippen LogP contribution in [0.4, 0.5) is 5.69 Å². The fraction of sp³-hybridized carbons (Fsp3) is 0.308. The monoisotopic (exact) mass is 309 g/mol. The number of halogens is 1. The van der Waals surface area contributed by atoms with E-state index in [1.54, 1.807) is 6.07 Å². The number of fused-ring (bicyclic) bond motifs is 1. The number of nitrogens with zero attached hydrogens (tertiary/aromatic N) is 1. The minimum absolute atomic E-state index is 0. The van der Waals surface area contributed by atoms with Gasteiger partial charge in [0.25, 0.3) is 0 Å². The zero-order chi connectivity index (χ0) is 11.7. The Bertz CT molecular complexity index is 590. The highest BCUT2D eigenvalue weighted by Crippen LogP contribution is 2.20.